The van der Waals surface area contributed by atoms with E-state index in [1.165, 1.54) is 12.1 Å². The number of amides is 1. The van der Waals surface area contributed by atoms with Gasteiger partial charge in [0.15, 0.2) is 11.5 Å². The van der Waals surface area contributed by atoms with Crippen LogP contribution in [0, 0.1) is 5.82 Å². The van der Waals surface area contributed by atoms with Crippen molar-refractivity contribution in [3.63, 3.8) is 0 Å². The highest BCUT2D eigenvalue weighted by Gasteiger charge is 2.17. The van der Waals surface area contributed by atoms with Crippen LogP contribution in [0.3, 0.4) is 0 Å². The maximum atomic E-state index is 13.6. The largest absolute Gasteiger partial charge is 0.493 e. The molecule has 0 aliphatic rings. The molecule has 162 valence electrons. The summed E-state index contributed by atoms with van der Waals surface area (Å²) >= 11 is 0. The fourth-order valence-corrected chi connectivity index (χ4v) is 3.27. The van der Waals surface area contributed by atoms with Crippen LogP contribution in [0.4, 0.5) is 4.39 Å². The number of carbonyl (C=O) groups excluding carboxylic acids is 1. The van der Waals surface area contributed by atoms with Crippen LogP contribution in [0.15, 0.2) is 72.8 Å². The number of nitrogens with one attached hydrogen (secondary N) is 1. The molecule has 0 bridgehead atoms. The van der Waals surface area contributed by atoms with Crippen LogP contribution in [-0.2, 0) is 6.61 Å². The zero-order valence-electron chi connectivity index (χ0n) is 18.0. The van der Waals surface area contributed by atoms with Crippen molar-refractivity contribution in [2.24, 2.45) is 0 Å². The molecule has 1 amide bonds. The van der Waals surface area contributed by atoms with Crippen LogP contribution in [0.2, 0.25) is 0 Å². The summed E-state index contributed by atoms with van der Waals surface area (Å²) in [5, 5.41) is 2.93. The lowest BCUT2D eigenvalue weighted by Gasteiger charge is -2.25. The minimum Gasteiger partial charge on any atom is -0.493 e. The standard InChI is InChI=1S/C25H27FN2O3/c1-28(2)22(19-10-7-11-21(26)14-19)16-27-25(29)20-12-13-23(24(15-20)30-3)31-17-18-8-5-4-6-9-18/h4-15,22H,16-17H2,1-3H3,(H,27,29)/t22-/m1/s1. The van der Waals surface area contributed by atoms with Crippen molar-refractivity contribution >= 4 is 5.91 Å². The van der Waals surface area contributed by atoms with Gasteiger partial charge in [0.2, 0.25) is 0 Å². The minimum absolute atomic E-state index is 0.157. The van der Waals surface area contributed by atoms with Crippen molar-refractivity contribution < 1.29 is 18.7 Å². The molecule has 3 rings (SSSR count). The second-order valence-corrected chi connectivity index (χ2v) is 7.38. The van der Waals surface area contributed by atoms with Gasteiger partial charge in [-0.1, -0.05) is 42.5 Å². The third-order valence-electron chi connectivity index (χ3n) is 4.98. The quantitative estimate of drug-likeness (QED) is 0.554. The summed E-state index contributed by atoms with van der Waals surface area (Å²) in [7, 11) is 5.33. The van der Waals surface area contributed by atoms with Crippen molar-refractivity contribution in [1.29, 1.82) is 0 Å². The van der Waals surface area contributed by atoms with Crippen molar-refractivity contribution in [2.45, 2.75) is 12.6 Å². The SMILES string of the molecule is COc1cc(C(=O)NC[C@H](c2cccc(F)c2)N(C)C)ccc1OCc1ccccc1. The first-order valence-corrected chi connectivity index (χ1v) is 10.0. The van der Waals surface area contributed by atoms with Gasteiger partial charge in [0.05, 0.1) is 13.2 Å². The topological polar surface area (TPSA) is 50.8 Å². The average molecular weight is 423 g/mol. The Bertz CT molecular complexity index is 1010. The van der Waals surface area contributed by atoms with Crippen molar-refractivity contribution in [3.8, 4) is 11.5 Å². The van der Waals surface area contributed by atoms with Crippen LogP contribution in [0.25, 0.3) is 0 Å². The maximum Gasteiger partial charge on any atom is 0.251 e. The molecule has 6 heteroatoms. The Morgan fingerprint density at radius 2 is 1.77 bits per heavy atom. The number of halogens is 1. The van der Waals surface area contributed by atoms with E-state index in [4.69, 9.17) is 9.47 Å². The van der Waals surface area contributed by atoms with Crippen molar-refractivity contribution in [1.82, 2.24) is 10.2 Å². The van der Waals surface area contributed by atoms with Crippen LogP contribution >= 0.6 is 0 Å². The first kappa shape index (κ1) is 22.3. The molecule has 3 aromatic rings. The number of nitrogens with zero attached hydrogens (tertiary/aromatic N) is 1. The summed E-state index contributed by atoms with van der Waals surface area (Å²) in [5.41, 5.74) is 2.30. The Morgan fingerprint density at radius 3 is 2.45 bits per heavy atom. The predicted molar refractivity (Wildman–Crippen MR) is 119 cm³/mol. The molecule has 3 aromatic carbocycles. The van der Waals surface area contributed by atoms with E-state index >= 15 is 0 Å². The highest BCUT2D eigenvalue weighted by molar-refractivity contribution is 5.94. The Morgan fingerprint density at radius 1 is 1.00 bits per heavy atom. The lowest BCUT2D eigenvalue weighted by molar-refractivity contribution is 0.0941. The second-order valence-electron chi connectivity index (χ2n) is 7.38. The van der Waals surface area contributed by atoms with E-state index in [1.54, 1.807) is 31.4 Å². The second kappa shape index (κ2) is 10.6. The lowest BCUT2D eigenvalue weighted by Crippen LogP contribution is -2.34. The van der Waals surface area contributed by atoms with Gasteiger partial charge in [0.1, 0.15) is 12.4 Å². The number of benzene rings is 3. The molecule has 0 aliphatic heterocycles. The molecule has 0 saturated heterocycles. The van der Waals surface area contributed by atoms with Gasteiger partial charge in [-0.3, -0.25) is 4.79 Å². The van der Waals surface area contributed by atoms with E-state index in [1.807, 2.05) is 55.4 Å². The Labute approximate surface area is 182 Å². The number of carbonyl (C=O) groups is 1. The monoisotopic (exact) mass is 422 g/mol. The number of ether oxygens (including phenoxy) is 2. The third-order valence-corrected chi connectivity index (χ3v) is 4.98. The number of rotatable bonds is 9. The van der Waals surface area contributed by atoms with Gasteiger partial charge >= 0.3 is 0 Å². The molecule has 5 nitrogen and oxygen atoms in total. The molecule has 0 saturated carbocycles. The molecule has 0 aliphatic carbocycles. The molecule has 31 heavy (non-hydrogen) atoms. The molecule has 1 N–H and O–H groups in total. The molecular weight excluding hydrogens is 395 g/mol. The summed E-state index contributed by atoms with van der Waals surface area (Å²) in [6, 6.07) is 21.2. The molecule has 0 radical (unpaired) electrons. The fraction of sp³-hybridized carbons (Fsp3) is 0.240. The minimum atomic E-state index is -0.300. The van der Waals surface area contributed by atoms with Crippen molar-refractivity contribution in [2.75, 3.05) is 27.7 Å². The van der Waals surface area contributed by atoms with Gasteiger partial charge in [0, 0.05) is 12.1 Å². The number of hydrogen-bond acceptors (Lipinski definition) is 4. The van der Waals surface area contributed by atoms with E-state index in [2.05, 4.69) is 5.32 Å². The predicted octanol–water partition coefficient (Wildman–Crippen LogP) is 4.45. The highest BCUT2D eigenvalue weighted by Crippen LogP contribution is 2.29. The van der Waals surface area contributed by atoms with Gasteiger partial charge in [-0.15, -0.1) is 0 Å². The first-order valence-electron chi connectivity index (χ1n) is 10.0. The molecule has 1 atom stereocenters. The Kier molecular flexibility index (Phi) is 7.62. The zero-order chi connectivity index (χ0) is 22.2. The normalized spacial score (nSPS) is 11.8. The lowest BCUT2D eigenvalue weighted by atomic mass is 10.1. The van der Waals surface area contributed by atoms with Crippen molar-refractivity contribution in [3.05, 3.63) is 95.3 Å². The highest BCUT2D eigenvalue weighted by atomic mass is 19.1. The van der Waals surface area contributed by atoms with E-state index < -0.39 is 0 Å². The molecule has 0 aromatic heterocycles. The summed E-state index contributed by atoms with van der Waals surface area (Å²) in [6.07, 6.45) is 0. The van der Waals surface area contributed by atoms with Gasteiger partial charge in [-0.2, -0.15) is 0 Å². The van der Waals surface area contributed by atoms with Crippen LogP contribution in [0.5, 0.6) is 11.5 Å². The van der Waals surface area contributed by atoms with Gasteiger partial charge in [-0.05, 0) is 55.6 Å². The van der Waals surface area contributed by atoms with Crippen LogP contribution in [0.1, 0.15) is 27.5 Å². The summed E-state index contributed by atoms with van der Waals surface area (Å²) in [4.78, 5) is 14.7. The molecule has 0 heterocycles. The average Bonchev–Trinajstić information content (AvgIpc) is 2.78. The van der Waals surface area contributed by atoms with Gasteiger partial charge < -0.3 is 19.7 Å². The maximum absolute atomic E-state index is 13.6. The summed E-state index contributed by atoms with van der Waals surface area (Å²) < 4.78 is 24.9. The van der Waals surface area contributed by atoms with E-state index in [9.17, 15) is 9.18 Å². The van der Waals surface area contributed by atoms with Crippen LogP contribution < -0.4 is 14.8 Å². The van der Waals surface area contributed by atoms with E-state index in [0.29, 0.717) is 30.2 Å². The Balaban J connectivity index is 1.66. The fourth-order valence-electron chi connectivity index (χ4n) is 3.27. The molecular formula is C25H27FN2O3. The number of likely N-dealkylation sites (N-methyl/N-ethyl adjacent to an activating group) is 1. The zero-order valence-corrected chi connectivity index (χ0v) is 18.0. The van der Waals surface area contributed by atoms with E-state index in [-0.39, 0.29) is 17.8 Å². The molecule has 0 fully saturated rings. The summed E-state index contributed by atoms with van der Waals surface area (Å²) in [6.45, 7) is 0.741. The number of methoxy groups -OCH3 is 1. The number of hydrogen-bond donors (Lipinski definition) is 1. The third kappa shape index (κ3) is 6.06. The summed E-state index contributed by atoms with van der Waals surface area (Å²) in [5.74, 6) is 0.509. The van der Waals surface area contributed by atoms with E-state index in [0.717, 1.165) is 11.1 Å². The van der Waals surface area contributed by atoms with Crippen LogP contribution in [-0.4, -0.2) is 38.6 Å². The van der Waals surface area contributed by atoms with Gasteiger partial charge in [-0.25, -0.2) is 4.39 Å². The van der Waals surface area contributed by atoms with Gasteiger partial charge in [0.25, 0.3) is 5.91 Å². The first-order chi connectivity index (χ1) is 15.0. The molecule has 0 spiro atoms. The Hall–Kier alpha value is -3.38. The smallest absolute Gasteiger partial charge is 0.251 e. The molecule has 0 unspecified atom stereocenters.